The van der Waals surface area contributed by atoms with E-state index in [4.69, 9.17) is 16.3 Å². The van der Waals surface area contributed by atoms with Gasteiger partial charge in [0.05, 0.1) is 18.1 Å². The van der Waals surface area contributed by atoms with Gasteiger partial charge in [-0.05, 0) is 31.5 Å². The number of halogens is 1. The molecule has 0 saturated carbocycles. The summed E-state index contributed by atoms with van der Waals surface area (Å²) in [5, 5.41) is 4.35. The van der Waals surface area contributed by atoms with E-state index in [0.717, 1.165) is 16.9 Å². The Morgan fingerprint density at radius 2 is 2.29 bits per heavy atom. The van der Waals surface area contributed by atoms with E-state index in [1.54, 1.807) is 0 Å². The Hall–Kier alpha value is -1.33. The molecule has 0 spiro atoms. The van der Waals surface area contributed by atoms with Gasteiger partial charge in [-0.2, -0.15) is 4.98 Å². The van der Waals surface area contributed by atoms with Gasteiger partial charge in [0.25, 0.3) is 0 Å². The molecule has 0 bridgehead atoms. The minimum atomic E-state index is 0.229. The molecule has 0 aromatic carbocycles. The van der Waals surface area contributed by atoms with Crippen molar-refractivity contribution in [3.63, 3.8) is 0 Å². The van der Waals surface area contributed by atoms with Gasteiger partial charge in [0, 0.05) is 12.7 Å². The molecule has 2 heterocycles. The second-order valence-electron chi connectivity index (χ2n) is 3.93. The van der Waals surface area contributed by atoms with E-state index >= 15 is 0 Å². The first-order valence-electron chi connectivity index (χ1n) is 5.53. The highest BCUT2D eigenvalue weighted by molar-refractivity contribution is 6.28. The third kappa shape index (κ3) is 3.08. The second-order valence-corrected chi connectivity index (χ2v) is 4.27. The van der Waals surface area contributed by atoms with Gasteiger partial charge in [-0.15, -0.1) is 0 Å². The molecule has 6 heteroatoms. The van der Waals surface area contributed by atoms with Crippen molar-refractivity contribution in [1.29, 1.82) is 0 Å². The minimum Gasteiger partial charge on any atom is -0.377 e. The molecule has 0 fully saturated rings. The molecule has 0 aliphatic heterocycles. The molecule has 0 aliphatic carbocycles. The van der Waals surface area contributed by atoms with E-state index in [-0.39, 0.29) is 11.4 Å². The number of nitrogens with one attached hydrogen (secondary N) is 2. The zero-order valence-electron chi connectivity index (χ0n) is 9.83. The number of H-pyrrole nitrogens is 1. The number of aromatic nitrogens is 3. The smallest absolute Gasteiger partial charge is 0.226 e. The Bertz CT molecular complexity index is 497. The third-order valence-corrected chi connectivity index (χ3v) is 2.40. The lowest BCUT2D eigenvalue weighted by atomic mass is 10.4. The molecule has 0 amide bonds. The van der Waals surface area contributed by atoms with Crippen molar-refractivity contribution in [2.45, 2.75) is 20.0 Å². The molecule has 2 N–H and O–H groups in total. The van der Waals surface area contributed by atoms with Crippen LogP contribution in [0.2, 0.25) is 5.28 Å². The van der Waals surface area contributed by atoms with Gasteiger partial charge in [0.15, 0.2) is 0 Å². The number of aromatic amines is 1. The van der Waals surface area contributed by atoms with Gasteiger partial charge >= 0.3 is 0 Å². The molecule has 0 atom stereocenters. The van der Waals surface area contributed by atoms with Crippen molar-refractivity contribution < 1.29 is 4.74 Å². The summed E-state index contributed by atoms with van der Waals surface area (Å²) in [5.41, 5.74) is 0.734. The standard InChI is InChI=1S/C11H15ClN4O/c1-7(2)17-6-5-14-10-8-3-4-13-9(8)15-11(12)16-10/h3-4,7H,5-6H2,1-2H3,(H2,13,14,15,16). The highest BCUT2D eigenvalue weighted by Crippen LogP contribution is 2.20. The summed E-state index contributed by atoms with van der Waals surface area (Å²) in [6, 6.07) is 1.91. The molecule has 2 aromatic heterocycles. The number of fused-ring (bicyclic) bond motifs is 1. The van der Waals surface area contributed by atoms with Gasteiger partial charge in [-0.1, -0.05) is 0 Å². The predicted molar refractivity (Wildman–Crippen MR) is 68.5 cm³/mol. The highest BCUT2D eigenvalue weighted by Gasteiger charge is 2.06. The lowest BCUT2D eigenvalue weighted by molar-refractivity contribution is 0.0870. The van der Waals surface area contributed by atoms with E-state index < -0.39 is 0 Å². The van der Waals surface area contributed by atoms with Crippen LogP contribution in [0.3, 0.4) is 0 Å². The zero-order valence-corrected chi connectivity index (χ0v) is 10.6. The summed E-state index contributed by atoms with van der Waals surface area (Å²) < 4.78 is 5.44. The van der Waals surface area contributed by atoms with Gasteiger partial charge in [-0.25, -0.2) is 4.98 Å². The first kappa shape index (κ1) is 12.1. The number of ether oxygens (including phenoxy) is 1. The molecule has 0 saturated heterocycles. The topological polar surface area (TPSA) is 62.8 Å². The molecular weight excluding hydrogens is 240 g/mol. The largest absolute Gasteiger partial charge is 0.377 e. The fraction of sp³-hybridized carbons (Fsp3) is 0.455. The molecule has 0 unspecified atom stereocenters. The van der Waals surface area contributed by atoms with Crippen LogP contribution < -0.4 is 5.32 Å². The van der Waals surface area contributed by atoms with Crippen LogP contribution in [-0.4, -0.2) is 34.2 Å². The van der Waals surface area contributed by atoms with Crippen molar-refractivity contribution in [3.8, 4) is 0 Å². The number of hydrogen-bond donors (Lipinski definition) is 2. The molecule has 17 heavy (non-hydrogen) atoms. The first-order valence-corrected chi connectivity index (χ1v) is 5.90. The molecule has 0 aliphatic rings. The lowest BCUT2D eigenvalue weighted by Gasteiger charge is -2.09. The van der Waals surface area contributed by atoms with Crippen LogP contribution in [0, 0.1) is 0 Å². The Morgan fingerprint density at radius 1 is 1.47 bits per heavy atom. The Balaban J connectivity index is 2.04. The van der Waals surface area contributed by atoms with E-state index in [2.05, 4.69) is 20.3 Å². The number of rotatable bonds is 5. The number of hydrogen-bond acceptors (Lipinski definition) is 4. The summed E-state index contributed by atoms with van der Waals surface area (Å²) in [7, 11) is 0. The number of nitrogens with zero attached hydrogens (tertiary/aromatic N) is 2. The fourth-order valence-corrected chi connectivity index (χ4v) is 1.68. The normalized spacial score (nSPS) is 11.3. The van der Waals surface area contributed by atoms with Crippen LogP contribution in [0.5, 0.6) is 0 Å². The molecule has 92 valence electrons. The Morgan fingerprint density at radius 3 is 3.06 bits per heavy atom. The van der Waals surface area contributed by atoms with E-state index in [0.29, 0.717) is 13.2 Å². The van der Waals surface area contributed by atoms with E-state index in [9.17, 15) is 0 Å². The van der Waals surface area contributed by atoms with Gasteiger partial charge in [-0.3, -0.25) is 0 Å². The summed E-state index contributed by atoms with van der Waals surface area (Å²) in [6.45, 7) is 5.33. The van der Waals surface area contributed by atoms with Crippen LogP contribution in [0.4, 0.5) is 5.82 Å². The van der Waals surface area contributed by atoms with Crippen LogP contribution in [-0.2, 0) is 4.74 Å². The lowest BCUT2D eigenvalue weighted by Crippen LogP contribution is -2.14. The van der Waals surface area contributed by atoms with Crippen molar-refractivity contribution in [3.05, 3.63) is 17.5 Å². The molecular formula is C11H15ClN4O. The van der Waals surface area contributed by atoms with Crippen LogP contribution >= 0.6 is 11.6 Å². The van der Waals surface area contributed by atoms with Crippen molar-refractivity contribution >= 4 is 28.5 Å². The third-order valence-electron chi connectivity index (χ3n) is 2.23. The van der Waals surface area contributed by atoms with Crippen LogP contribution in [0.15, 0.2) is 12.3 Å². The molecule has 0 radical (unpaired) electrons. The maximum atomic E-state index is 5.83. The monoisotopic (exact) mass is 254 g/mol. The van der Waals surface area contributed by atoms with Crippen molar-refractivity contribution in [2.75, 3.05) is 18.5 Å². The number of anilines is 1. The molecule has 2 rings (SSSR count). The van der Waals surface area contributed by atoms with Gasteiger partial charge in [0.2, 0.25) is 5.28 Å². The molecule has 5 nitrogen and oxygen atoms in total. The SMILES string of the molecule is CC(C)OCCNc1nc(Cl)nc2[nH]ccc12. The van der Waals surface area contributed by atoms with Crippen molar-refractivity contribution in [2.24, 2.45) is 0 Å². The fourth-order valence-electron chi connectivity index (χ4n) is 1.51. The Labute approximate surface area is 105 Å². The maximum absolute atomic E-state index is 5.83. The second kappa shape index (κ2) is 5.33. The quantitative estimate of drug-likeness (QED) is 0.636. The Kier molecular flexibility index (Phi) is 3.81. The zero-order chi connectivity index (χ0) is 12.3. The summed E-state index contributed by atoms with van der Waals surface area (Å²) in [4.78, 5) is 11.2. The van der Waals surface area contributed by atoms with Gasteiger partial charge in [0.1, 0.15) is 11.5 Å². The average molecular weight is 255 g/mol. The molecule has 2 aromatic rings. The van der Waals surface area contributed by atoms with Crippen LogP contribution in [0.25, 0.3) is 11.0 Å². The first-order chi connectivity index (χ1) is 8.16. The summed E-state index contributed by atoms with van der Waals surface area (Å²) in [6.07, 6.45) is 2.05. The predicted octanol–water partition coefficient (Wildman–Crippen LogP) is 2.45. The van der Waals surface area contributed by atoms with E-state index in [1.807, 2.05) is 26.1 Å². The maximum Gasteiger partial charge on any atom is 0.226 e. The summed E-state index contributed by atoms with van der Waals surface area (Å²) >= 11 is 5.83. The van der Waals surface area contributed by atoms with Gasteiger partial charge < -0.3 is 15.0 Å². The van der Waals surface area contributed by atoms with E-state index in [1.165, 1.54) is 0 Å². The minimum absolute atomic E-state index is 0.229. The summed E-state index contributed by atoms with van der Waals surface area (Å²) in [5.74, 6) is 0.730. The van der Waals surface area contributed by atoms with Crippen LogP contribution in [0.1, 0.15) is 13.8 Å². The van der Waals surface area contributed by atoms with Crippen molar-refractivity contribution in [1.82, 2.24) is 15.0 Å². The average Bonchev–Trinajstić information content (AvgIpc) is 2.71. The highest BCUT2D eigenvalue weighted by atomic mass is 35.5.